The molecule has 0 aliphatic heterocycles. The summed E-state index contributed by atoms with van der Waals surface area (Å²) in [5, 5.41) is 13.7. The minimum Gasteiger partial charge on any atom is -0.493 e. The maximum Gasteiger partial charge on any atom is 0.162 e. The second-order valence-electron chi connectivity index (χ2n) is 3.03. The summed E-state index contributed by atoms with van der Waals surface area (Å²) in [5.74, 6) is 0.562. The van der Waals surface area contributed by atoms with Crippen LogP contribution in [-0.2, 0) is 7.05 Å². The summed E-state index contributed by atoms with van der Waals surface area (Å²) in [5.41, 5.74) is 6.18. The van der Waals surface area contributed by atoms with Gasteiger partial charge in [-0.1, -0.05) is 0 Å². The maximum absolute atomic E-state index is 9.71. The lowest BCUT2D eigenvalue weighted by atomic mass is 10.1. The summed E-state index contributed by atoms with van der Waals surface area (Å²) >= 11 is 0. The van der Waals surface area contributed by atoms with Crippen molar-refractivity contribution in [1.29, 1.82) is 0 Å². The van der Waals surface area contributed by atoms with E-state index in [1.165, 1.54) is 7.11 Å². The summed E-state index contributed by atoms with van der Waals surface area (Å²) in [4.78, 5) is 0. The molecule has 1 aromatic heterocycles. The molecule has 2 atom stereocenters. The average molecular weight is 185 g/mol. The Kier molecular flexibility index (Phi) is 2.90. The van der Waals surface area contributed by atoms with E-state index >= 15 is 0 Å². The molecule has 0 spiro atoms. The first-order chi connectivity index (χ1) is 6.07. The molecule has 1 rings (SSSR count). The van der Waals surface area contributed by atoms with Gasteiger partial charge in [0.05, 0.1) is 13.3 Å². The Morgan fingerprint density at radius 3 is 2.77 bits per heavy atom. The summed E-state index contributed by atoms with van der Waals surface area (Å²) in [7, 11) is 3.28. The molecular weight excluding hydrogens is 170 g/mol. The number of ether oxygens (including phenoxy) is 1. The van der Waals surface area contributed by atoms with Crippen LogP contribution in [0.1, 0.15) is 18.7 Å². The SMILES string of the molecule is COc1cnn(C)c1C(O)C(C)N. The monoisotopic (exact) mass is 185 g/mol. The van der Waals surface area contributed by atoms with E-state index in [9.17, 15) is 5.11 Å². The highest BCUT2D eigenvalue weighted by atomic mass is 16.5. The van der Waals surface area contributed by atoms with E-state index in [2.05, 4.69) is 5.10 Å². The molecule has 0 saturated carbocycles. The Morgan fingerprint density at radius 1 is 1.69 bits per heavy atom. The van der Waals surface area contributed by atoms with Crippen molar-refractivity contribution in [1.82, 2.24) is 9.78 Å². The van der Waals surface area contributed by atoms with Crippen LogP contribution in [0.4, 0.5) is 0 Å². The first-order valence-electron chi connectivity index (χ1n) is 4.07. The second kappa shape index (κ2) is 3.76. The van der Waals surface area contributed by atoms with Gasteiger partial charge in [-0.2, -0.15) is 5.10 Å². The minimum atomic E-state index is -0.748. The van der Waals surface area contributed by atoms with Gasteiger partial charge in [-0.3, -0.25) is 4.68 Å². The molecule has 5 heteroatoms. The van der Waals surface area contributed by atoms with Crippen molar-refractivity contribution < 1.29 is 9.84 Å². The predicted octanol–water partition coefficient (Wildman–Crippen LogP) is -0.191. The molecule has 13 heavy (non-hydrogen) atoms. The van der Waals surface area contributed by atoms with Crippen LogP contribution in [0.15, 0.2) is 6.20 Å². The third kappa shape index (κ3) is 1.81. The molecule has 0 aliphatic carbocycles. The number of aliphatic hydroxyl groups excluding tert-OH is 1. The van der Waals surface area contributed by atoms with Crippen LogP contribution in [0, 0.1) is 0 Å². The quantitative estimate of drug-likeness (QED) is 0.684. The average Bonchev–Trinajstić information content (AvgIpc) is 2.45. The zero-order chi connectivity index (χ0) is 10.0. The van der Waals surface area contributed by atoms with Crippen molar-refractivity contribution in [2.45, 2.75) is 19.1 Å². The van der Waals surface area contributed by atoms with E-state index in [-0.39, 0.29) is 6.04 Å². The van der Waals surface area contributed by atoms with Crippen LogP contribution in [0.25, 0.3) is 0 Å². The summed E-state index contributed by atoms with van der Waals surface area (Å²) < 4.78 is 6.60. The van der Waals surface area contributed by atoms with E-state index in [1.807, 2.05) is 0 Å². The summed E-state index contributed by atoms with van der Waals surface area (Å²) in [6.45, 7) is 1.73. The van der Waals surface area contributed by atoms with Crippen LogP contribution >= 0.6 is 0 Å². The summed E-state index contributed by atoms with van der Waals surface area (Å²) in [6, 6.07) is -0.343. The van der Waals surface area contributed by atoms with E-state index in [4.69, 9.17) is 10.5 Å². The number of nitrogens with zero attached hydrogens (tertiary/aromatic N) is 2. The molecule has 0 aliphatic rings. The predicted molar refractivity (Wildman–Crippen MR) is 48.4 cm³/mol. The zero-order valence-corrected chi connectivity index (χ0v) is 8.06. The molecular formula is C8H15N3O2. The first-order valence-corrected chi connectivity index (χ1v) is 4.07. The smallest absolute Gasteiger partial charge is 0.162 e. The lowest BCUT2D eigenvalue weighted by Crippen LogP contribution is -2.26. The molecule has 3 N–H and O–H groups in total. The Labute approximate surface area is 77.1 Å². The largest absolute Gasteiger partial charge is 0.493 e. The summed E-state index contributed by atoms with van der Waals surface area (Å²) in [6.07, 6.45) is 0.809. The molecule has 0 saturated heterocycles. The van der Waals surface area contributed by atoms with Gasteiger partial charge in [-0.15, -0.1) is 0 Å². The highest BCUT2D eigenvalue weighted by Crippen LogP contribution is 2.25. The van der Waals surface area contributed by atoms with Crippen molar-refractivity contribution in [2.75, 3.05) is 7.11 Å². The minimum absolute atomic E-state index is 0.343. The Hall–Kier alpha value is -1.07. The third-order valence-corrected chi connectivity index (χ3v) is 1.95. The van der Waals surface area contributed by atoms with Crippen LogP contribution in [0.3, 0.4) is 0 Å². The zero-order valence-electron chi connectivity index (χ0n) is 8.06. The molecule has 0 amide bonds. The Balaban J connectivity index is 3.03. The fourth-order valence-electron chi connectivity index (χ4n) is 1.17. The van der Waals surface area contributed by atoms with Crippen LogP contribution < -0.4 is 10.5 Å². The lowest BCUT2D eigenvalue weighted by Gasteiger charge is -2.15. The maximum atomic E-state index is 9.71. The fourth-order valence-corrected chi connectivity index (χ4v) is 1.17. The topological polar surface area (TPSA) is 73.3 Å². The van der Waals surface area contributed by atoms with Gasteiger partial charge in [-0.25, -0.2) is 0 Å². The molecule has 0 aromatic carbocycles. The normalized spacial score (nSPS) is 15.5. The number of nitrogens with two attached hydrogens (primary N) is 1. The van der Waals surface area contributed by atoms with Gasteiger partial charge in [0.1, 0.15) is 11.8 Å². The van der Waals surface area contributed by atoms with E-state index in [0.717, 1.165) is 0 Å². The third-order valence-electron chi connectivity index (χ3n) is 1.95. The van der Waals surface area contributed by atoms with Gasteiger partial charge in [0.15, 0.2) is 5.75 Å². The van der Waals surface area contributed by atoms with E-state index in [1.54, 1.807) is 24.9 Å². The molecule has 74 valence electrons. The first kappa shape index (κ1) is 10.0. The number of hydrogen-bond donors (Lipinski definition) is 2. The fraction of sp³-hybridized carbons (Fsp3) is 0.625. The van der Waals surface area contributed by atoms with Crippen LogP contribution in [-0.4, -0.2) is 28.0 Å². The molecule has 1 aromatic rings. The van der Waals surface area contributed by atoms with Crippen molar-refractivity contribution in [3.63, 3.8) is 0 Å². The van der Waals surface area contributed by atoms with E-state index in [0.29, 0.717) is 11.4 Å². The number of aryl methyl sites for hydroxylation is 1. The van der Waals surface area contributed by atoms with Gasteiger partial charge >= 0.3 is 0 Å². The number of rotatable bonds is 3. The second-order valence-corrected chi connectivity index (χ2v) is 3.03. The van der Waals surface area contributed by atoms with Crippen molar-refractivity contribution in [3.05, 3.63) is 11.9 Å². The molecule has 0 fully saturated rings. The lowest BCUT2D eigenvalue weighted by molar-refractivity contribution is 0.140. The van der Waals surface area contributed by atoms with Crippen LogP contribution in [0.2, 0.25) is 0 Å². The molecule has 0 radical (unpaired) electrons. The number of hydrogen-bond acceptors (Lipinski definition) is 4. The van der Waals surface area contributed by atoms with Gasteiger partial charge < -0.3 is 15.6 Å². The van der Waals surface area contributed by atoms with Crippen molar-refractivity contribution in [2.24, 2.45) is 12.8 Å². The van der Waals surface area contributed by atoms with Crippen LogP contribution in [0.5, 0.6) is 5.75 Å². The van der Waals surface area contributed by atoms with Gasteiger partial charge in [0.2, 0.25) is 0 Å². The van der Waals surface area contributed by atoms with Crippen molar-refractivity contribution in [3.8, 4) is 5.75 Å². The Morgan fingerprint density at radius 2 is 2.31 bits per heavy atom. The van der Waals surface area contributed by atoms with Gasteiger partial charge in [0.25, 0.3) is 0 Å². The van der Waals surface area contributed by atoms with Gasteiger partial charge in [-0.05, 0) is 6.92 Å². The number of aliphatic hydroxyl groups is 1. The molecule has 2 unspecified atom stereocenters. The highest BCUT2D eigenvalue weighted by Gasteiger charge is 2.21. The van der Waals surface area contributed by atoms with Gasteiger partial charge in [0, 0.05) is 13.1 Å². The molecule has 0 bridgehead atoms. The number of methoxy groups -OCH3 is 1. The molecule has 1 heterocycles. The van der Waals surface area contributed by atoms with E-state index < -0.39 is 6.10 Å². The molecule has 5 nitrogen and oxygen atoms in total. The van der Waals surface area contributed by atoms with Crippen molar-refractivity contribution >= 4 is 0 Å². The Bertz CT molecular complexity index is 283. The number of aromatic nitrogens is 2. The standard InChI is InChI=1S/C8H15N3O2/c1-5(9)8(12)7-6(13-3)4-10-11(7)2/h4-5,8,12H,9H2,1-3H3. The highest BCUT2D eigenvalue weighted by molar-refractivity contribution is 5.27.